The lowest BCUT2D eigenvalue weighted by molar-refractivity contribution is 0.0694. The minimum absolute atomic E-state index is 0.0236. The number of aromatic carboxylic acids is 1. The summed E-state index contributed by atoms with van der Waals surface area (Å²) in [7, 11) is 0. The maximum atomic E-state index is 14.7. The second-order valence-corrected chi connectivity index (χ2v) is 6.40. The average Bonchev–Trinajstić information content (AvgIpc) is 2.66. The summed E-state index contributed by atoms with van der Waals surface area (Å²) in [5.41, 5.74) is 5.53. The van der Waals surface area contributed by atoms with Gasteiger partial charge in [0.2, 0.25) is 5.43 Å². The van der Waals surface area contributed by atoms with E-state index >= 15 is 0 Å². The van der Waals surface area contributed by atoms with Crippen LogP contribution in [0.5, 0.6) is 0 Å². The molecule has 0 atom stereocenters. The van der Waals surface area contributed by atoms with Crippen LogP contribution in [0.25, 0.3) is 10.9 Å². The van der Waals surface area contributed by atoms with Gasteiger partial charge in [-0.25, -0.2) is 13.6 Å². The number of carboxylic acid groups (broad SMARTS) is 1. The smallest absolute Gasteiger partial charge is 0.341 e. The van der Waals surface area contributed by atoms with Crippen molar-refractivity contribution in [1.29, 1.82) is 0 Å². The van der Waals surface area contributed by atoms with E-state index in [2.05, 4.69) is 5.32 Å². The first-order valence-corrected chi connectivity index (χ1v) is 8.74. The Hall–Kier alpha value is -3.42. The lowest BCUT2D eigenvalue weighted by atomic mass is 10.1. The number of aryl methyl sites for hydroxylation is 1. The Morgan fingerprint density at radius 1 is 1.25 bits per heavy atom. The van der Waals surface area contributed by atoms with E-state index in [1.165, 1.54) is 30.5 Å². The second-order valence-electron chi connectivity index (χ2n) is 6.40. The number of rotatable bonds is 6. The van der Waals surface area contributed by atoms with Crippen LogP contribution in [-0.4, -0.2) is 15.6 Å². The molecule has 8 heteroatoms. The molecule has 0 aliphatic heterocycles. The SMILES string of the molecule is CCCCn1cc(C(=O)O)c(=O)c2cc(F)c(Nc3ccc(F)cc3)c(N)c21. The number of hydrogen-bond donors (Lipinski definition) is 3. The third-order valence-corrected chi connectivity index (χ3v) is 4.45. The van der Waals surface area contributed by atoms with Crippen LogP contribution in [0.2, 0.25) is 0 Å². The minimum atomic E-state index is -1.38. The number of fused-ring (bicyclic) bond motifs is 1. The standard InChI is InChI=1S/C20H19F2N3O3/c1-2-3-8-25-10-14(20(27)28)19(26)13-9-15(22)17(16(23)18(13)25)24-12-6-4-11(21)5-7-12/h4-7,9-10,24H,2-3,8,23H2,1H3,(H,27,28). The number of nitrogens with two attached hydrogens (primary N) is 1. The van der Waals surface area contributed by atoms with Crippen molar-refractivity contribution in [1.82, 2.24) is 4.57 Å². The molecule has 3 aromatic rings. The van der Waals surface area contributed by atoms with Crippen LogP contribution >= 0.6 is 0 Å². The van der Waals surface area contributed by atoms with Gasteiger partial charge >= 0.3 is 5.97 Å². The second kappa shape index (κ2) is 7.67. The van der Waals surface area contributed by atoms with Crippen molar-refractivity contribution in [2.24, 2.45) is 0 Å². The van der Waals surface area contributed by atoms with Crippen molar-refractivity contribution >= 4 is 33.9 Å². The molecule has 0 aliphatic rings. The third-order valence-electron chi connectivity index (χ3n) is 4.45. The predicted octanol–water partition coefficient (Wildman–Crippen LogP) is 4.10. The number of halogens is 2. The largest absolute Gasteiger partial charge is 0.477 e. The Balaban J connectivity index is 2.25. The third kappa shape index (κ3) is 3.53. The minimum Gasteiger partial charge on any atom is -0.477 e. The molecule has 1 heterocycles. The molecule has 0 amide bonds. The van der Waals surface area contributed by atoms with Crippen molar-refractivity contribution < 1.29 is 18.7 Å². The van der Waals surface area contributed by atoms with E-state index in [1.807, 2.05) is 6.92 Å². The Morgan fingerprint density at radius 2 is 1.93 bits per heavy atom. The van der Waals surface area contributed by atoms with E-state index in [1.54, 1.807) is 4.57 Å². The van der Waals surface area contributed by atoms with E-state index in [0.717, 1.165) is 12.5 Å². The first-order chi connectivity index (χ1) is 13.3. The summed E-state index contributed by atoms with van der Waals surface area (Å²) >= 11 is 0. The number of nitrogens with zero attached hydrogens (tertiary/aromatic N) is 1. The molecule has 0 saturated heterocycles. The van der Waals surface area contributed by atoms with Crippen LogP contribution in [0.1, 0.15) is 30.1 Å². The van der Waals surface area contributed by atoms with Gasteiger partial charge < -0.3 is 20.7 Å². The van der Waals surface area contributed by atoms with Crippen molar-refractivity contribution in [3.63, 3.8) is 0 Å². The molecular formula is C20H19F2N3O3. The Labute approximate surface area is 159 Å². The molecule has 0 spiro atoms. The number of nitrogen functional groups attached to an aromatic ring is 1. The highest BCUT2D eigenvalue weighted by atomic mass is 19.1. The molecule has 4 N–H and O–H groups in total. The number of carbonyl (C=O) groups is 1. The van der Waals surface area contributed by atoms with Crippen LogP contribution in [0.15, 0.2) is 41.3 Å². The van der Waals surface area contributed by atoms with Gasteiger partial charge in [0.1, 0.15) is 22.9 Å². The van der Waals surface area contributed by atoms with Gasteiger partial charge in [-0.2, -0.15) is 0 Å². The van der Waals surface area contributed by atoms with Gasteiger partial charge in [0.15, 0.2) is 0 Å². The van der Waals surface area contributed by atoms with Gasteiger partial charge in [0.05, 0.1) is 16.6 Å². The highest BCUT2D eigenvalue weighted by molar-refractivity contribution is 6.00. The summed E-state index contributed by atoms with van der Waals surface area (Å²) in [5.74, 6) is -2.63. The highest BCUT2D eigenvalue weighted by Crippen LogP contribution is 2.33. The average molecular weight is 387 g/mol. The molecule has 6 nitrogen and oxygen atoms in total. The normalized spacial score (nSPS) is 11.0. The van der Waals surface area contributed by atoms with Gasteiger partial charge in [-0.15, -0.1) is 0 Å². The van der Waals surface area contributed by atoms with Crippen molar-refractivity contribution in [3.8, 4) is 0 Å². The number of anilines is 3. The van der Waals surface area contributed by atoms with Crippen LogP contribution < -0.4 is 16.5 Å². The highest BCUT2D eigenvalue weighted by Gasteiger charge is 2.20. The number of unbranched alkanes of at least 4 members (excludes halogenated alkanes) is 1. The number of aromatic nitrogens is 1. The van der Waals surface area contributed by atoms with Gasteiger partial charge in [-0.1, -0.05) is 13.3 Å². The lowest BCUT2D eigenvalue weighted by Gasteiger charge is -2.18. The molecule has 0 aliphatic carbocycles. The number of carboxylic acids is 1. The van der Waals surface area contributed by atoms with Crippen LogP contribution in [0.4, 0.5) is 25.8 Å². The summed E-state index contributed by atoms with van der Waals surface area (Å²) in [4.78, 5) is 23.9. The van der Waals surface area contributed by atoms with E-state index in [-0.39, 0.29) is 22.3 Å². The summed E-state index contributed by atoms with van der Waals surface area (Å²) in [6, 6.07) is 6.27. The Bertz CT molecular complexity index is 1110. The maximum absolute atomic E-state index is 14.7. The monoisotopic (exact) mass is 387 g/mol. The molecule has 28 heavy (non-hydrogen) atoms. The quantitative estimate of drug-likeness (QED) is 0.553. The predicted molar refractivity (Wildman–Crippen MR) is 104 cm³/mol. The van der Waals surface area contributed by atoms with Crippen LogP contribution in [-0.2, 0) is 6.54 Å². The number of hydrogen-bond acceptors (Lipinski definition) is 4. The first-order valence-electron chi connectivity index (χ1n) is 8.74. The van der Waals surface area contributed by atoms with Crippen molar-refractivity contribution in [2.45, 2.75) is 26.3 Å². The van der Waals surface area contributed by atoms with Crippen LogP contribution in [0.3, 0.4) is 0 Å². The Kier molecular flexibility index (Phi) is 5.30. The number of benzene rings is 2. The zero-order valence-electron chi connectivity index (χ0n) is 15.1. The van der Waals surface area contributed by atoms with E-state index in [0.29, 0.717) is 18.7 Å². The first kappa shape index (κ1) is 19.3. The fourth-order valence-corrected chi connectivity index (χ4v) is 3.03. The molecule has 3 rings (SSSR count). The lowest BCUT2D eigenvalue weighted by Crippen LogP contribution is -2.20. The molecule has 0 unspecified atom stereocenters. The van der Waals surface area contributed by atoms with Crippen LogP contribution in [0, 0.1) is 11.6 Å². The molecule has 0 fully saturated rings. The van der Waals surface area contributed by atoms with Crippen molar-refractivity contribution in [2.75, 3.05) is 11.1 Å². The molecule has 146 valence electrons. The fourth-order valence-electron chi connectivity index (χ4n) is 3.03. The molecule has 0 bridgehead atoms. The van der Waals surface area contributed by atoms with E-state index in [4.69, 9.17) is 5.73 Å². The molecule has 1 aromatic heterocycles. The van der Waals surface area contributed by atoms with E-state index in [9.17, 15) is 23.5 Å². The molecule has 2 aromatic carbocycles. The zero-order chi connectivity index (χ0) is 20.4. The van der Waals surface area contributed by atoms with Gasteiger partial charge in [0, 0.05) is 18.4 Å². The molecule has 0 radical (unpaired) electrons. The van der Waals surface area contributed by atoms with Gasteiger partial charge in [-0.05, 0) is 36.8 Å². The fraction of sp³-hybridized carbons (Fsp3) is 0.200. The van der Waals surface area contributed by atoms with Gasteiger partial charge in [0.25, 0.3) is 0 Å². The topological polar surface area (TPSA) is 97.3 Å². The molecular weight excluding hydrogens is 368 g/mol. The summed E-state index contributed by atoms with van der Waals surface area (Å²) in [5, 5.41) is 12.0. The Morgan fingerprint density at radius 3 is 2.54 bits per heavy atom. The number of pyridine rings is 1. The van der Waals surface area contributed by atoms with Crippen molar-refractivity contribution in [3.05, 3.63) is 63.9 Å². The maximum Gasteiger partial charge on any atom is 0.341 e. The summed E-state index contributed by atoms with van der Waals surface area (Å²) < 4.78 is 29.4. The zero-order valence-corrected chi connectivity index (χ0v) is 15.1. The molecule has 0 saturated carbocycles. The van der Waals surface area contributed by atoms with E-state index < -0.39 is 28.6 Å². The summed E-state index contributed by atoms with van der Waals surface area (Å²) in [6.45, 7) is 2.38. The van der Waals surface area contributed by atoms with Gasteiger partial charge in [-0.3, -0.25) is 4.79 Å². The summed E-state index contributed by atoms with van der Waals surface area (Å²) in [6.07, 6.45) is 2.78. The number of nitrogens with one attached hydrogen (secondary N) is 1.